The van der Waals surface area contributed by atoms with Gasteiger partial charge in [0.15, 0.2) is 0 Å². The Bertz CT molecular complexity index is 839. The van der Waals surface area contributed by atoms with Crippen molar-refractivity contribution in [3.05, 3.63) is 83.9 Å². The van der Waals surface area contributed by atoms with E-state index in [1.54, 1.807) is 0 Å². The molecule has 0 saturated carbocycles. The Kier molecular flexibility index (Phi) is 8.69. The molecule has 0 bridgehead atoms. The maximum Gasteiger partial charge on any atom is 0.408 e. The number of alkyl carbamates (subject to hydrolysis) is 2. The Morgan fingerprint density at radius 3 is 1.86 bits per heavy atom. The van der Waals surface area contributed by atoms with Gasteiger partial charge in [-0.1, -0.05) is 79.1 Å². The summed E-state index contributed by atoms with van der Waals surface area (Å²) in [7, 11) is 0. The molecule has 2 aromatic carbocycles. The number of carbonyl (C=O) groups is 2. The molecule has 6 nitrogen and oxygen atoms in total. The zero-order valence-corrected chi connectivity index (χ0v) is 15.4. The number of rotatable bonds is 7. The number of hydrogen-bond acceptors (Lipinski definition) is 4. The molecule has 2 amide bonds. The van der Waals surface area contributed by atoms with E-state index in [0.717, 1.165) is 11.1 Å². The van der Waals surface area contributed by atoms with E-state index in [2.05, 4.69) is 29.1 Å². The molecule has 28 heavy (non-hydrogen) atoms. The van der Waals surface area contributed by atoms with Crippen molar-refractivity contribution in [2.75, 3.05) is 13.1 Å². The van der Waals surface area contributed by atoms with Crippen molar-refractivity contribution < 1.29 is 19.1 Å². The van der Waals surface area contributed by atoms with E-state index in [0.29, 0.717) is 5.57 Å². The molecule has 0 aliphatic carbocycles. The summed E-state index contributed by atoms with van der Waals surface area (Å²) in [4.78, 5) is 23.2. The summed E-state index contributed by atoms with van der Waals surface area (Å²) < 4.78 is 10.1. The molecule has 144 valence electrons. The van der Waals surface area contributed by atoms with Crippen LogP contribution in [0.3, 0.4) is 0 Å². The van der Waals surface area contributed by atoms with Crippen LogP contribution in [0.4, 0.5) is 9.59 Å². The smallest absolute Gasteiger partial charge is 0.408 e. The van der Waals surface area contributed by atoms with Crippen molar-refractivity contribution in [2.24, 2.45) is 0 Å². The highest BCUT2D eigenvalue weighted by Gasteiger charge is 2.02. The quantitative estimate of drug-likeness (QED) is 0.724. The van der Waals surface area contributed by atoms with Crippen molar-refractivity contribution in [3.8, 4) is 11.8 Å². The van der Waals surface area contributed by atoms with E-state index in [1.165, 1.54) is 0 Å². The number of hydrogen-bond donors (Lipinski definition) is 2. The van der Waals surface area contributed by atoms with Crippen LogP contribution in [0.2, 0.25) is 0 Å². The third-order valence-corrected chi connectivity index (χ3v) is 3.46. The second kappa shape index (κ2) is 11.8. The van der Waals surface area contributed by atoms with Crippen LogP contribution in [0.5, 0.6) is 0 Å². The van der Waals surface area contributed by atoms with Crippen LogP contribution in [0, 0.1) is 11.8 Å². The van der Waals surface area contributed by atoms with Crippen molar-refractivity contribution in [1.29, 1.82) is 0 Å². The highest BCUT2D eigenvalue weighted by atomic mass is 16.6. The average Bonchev–Trinajstić information content (AvgIpc) is 2.74. The minimum Gasteiger partial charge on any atom is -0.445 e. The van der Waals surface area contributed by atoms with Gasteiger partial charge in [0.2, 0.25) is 0 Å². The van der Waals surface area contributed by atoms with Gasteiger partial charge in [-0.2, -0.15) is 0 Å². The molecular weight excluding hydrogens is 356 g/mol. The van der Waals surface area contributed by atoms with Gasteiger partial charge in [0, 0.05) is 5.57 Å². The monoisotopic (exact) mass is 378 g/mol. The molecule has 0 unspecified atom stereocenters. The van der Waals surface area contributed by atoms with Gasteiger partial charge >= 0.3 is 12.2 Å². The zero-order chi connectivity index (χ0) is 20.0. The Balaban J connectivity index is 1.57. The summed E-state index contributed by atoms with van der Waals surface area (Å²) >= 11 is 0. The predicted octanol–water partition coefficient (Wildman–Crippen LogP) is 3.40. The fraction of sp³-hybridized carbons (Fsp3) is 0.182. The first-order valence-corrected chi connectivity index (χ1v) is 8.69. The van der Waals surface area contributed by atoms with Crippen molar-refractivity contribution in [1.82, 2.24) is 10.6 Å². The van der Waals surface area contributed by atoms with Crippen LogP contribution in [-0.2, 0) is 22.7 Å². The Morgan fingerprint density at radius 2 is 1.32 bits per heavy atom. The molecule has 0 aliphatic rings. The lowest BCUT2D eigenvalue weighted by atomic mass is 10.2. The van der Waals surface area contributed by atoms with E-state index in [-0.39, 0.29) is 26.3 Å². The largest absolute Gasteiger partial charge is 0.445 e. The summed E-state index contributed by atoms with van der Waals surface area (Å²) in [6.07, 6.45) is -1.10. The van der Waals surface area contributed by atoms with E-state index < -0.39 is 12.2 Å². The second-order valence-electron chi connectivity index (χ2n) is 5.74. The van der Waals surface area contributed by atoms with Crippen molar-refractivity contribution >= 4 is 12.2 Å². The molecule has 0 aliphatic heterocycles. The first-order chi connectivity index (χ1) is 13.6. The molecule has 2 N–H and O–H groups in total. The van der Waals surface area contributed by atoms with Gasteiger partial charge in [-0.05, 0) is 11.1 Å². The van der Waals surface area contributed by atoms with Gasteiger partial charge < -0.3 is 20.1 Å². The normalized spacial score (nSPS) is 9.43. The molecule has 0 heterocycles. The summed E-state index contributed by atoms with van der Waals surface area (Å²) in [5.74, 6) is 5.50. The molecule has 0 spiro atoms. The van der Waals surface area contributed by atoms with Crippen LogP contribution in [-0.4, -0.2) is 25.3 Å². The fourth-order valence-corrected chi connectivity index (χ4v) is 2.06. The van der Waals surface area contributed by atoms with Gasteiger partial charge in [0.05, 0.1) is 13.1 Å². The van der Waals surface area contributed by atoms with Gasteiger partial charge in [-0.3, -0.25) is 0 Å². The first-order valence-electron chi connectivity index (χ1n) is 8.69. The number of nitrogens with one attached hydrogen (secondary N) is 2. The van der Waals surface area contributed by atoms with Gasteiger partial charge in [-0.25, -0.2) is 9.59 Å². The van der Waals surface area contributed by atoms with Crippen LogP contribution in [0.1, 0.15) is 11.1 Å². The van der Waals surface area contributed by atoms with E-state index >= 15 is 0 Å². The first kappa shape index (κ1) is 20.6. The summed E-state index contributed by atoms with van der Waals surface area (Å²) in [6.45, 7) is 4.42. The maximum atomic E-state index is 11.6. The summed E-state index contributed by atoms with van der Waals surface area (Å²) in [5, 5.41) is 5.09. The van der Waals surface area contributed by atoms with Gasteiger partial charge in [-0.15, -0.1) is 0 Å². The molecule has 0 saturated heterocycles. The average molecular weight is 378 g/mol. The predicted molar refractivity (Wildman–Crippen MR) is 106 cm³/mol. The maximum absolute atomic E-state index is 11.6. The Hall–Kier alpha value is -3.72. The van der Waals surface area contributed by atoms with E-state index in [9.17, 15) is 9.59 Å². The zero-order valence-electron chi connectivity index (χ0n) is 15.4. The lowest BCUT2D eigenvalue weighted by Crippen LogP contribution is -2.26. The SMILES string of the molecule is C=C(C#CCNC(=O)OCc1ccccc1)CNC(=O)OCc1ccccc1. The highest BCUT2D eigenvalue weighted by molar-refractivity contribution is 5.68. The van der Waals surface area contributed by atoms with Gasteiger partial charge in [0.1, 0.15) is 13.2 Å². The second-order valence-corrected chi connectivity index (χ2v) is 5.74. The van der Waals surface area contributed by atoms with E-state index in [1.807, 2.05) is 60.7 Å². The minimum absolute atomic E-state index is 0.116. The molecule has 0 fully saturated rings. The van der Waals surface area contributed by atoms with Crippen LogP contribution < -0.4 is 10.6 Å². The summed E-state index contributed by atoms with van der Waals surface area (Å²) in [6, 6.07) is 18.8. The van der Waals surface area contributed by atoms with Crippen LogP contribution in [0.25, 0.3) is 0 Å². The van der Waals surface area contributed by atoms with Crippen molar-refractivity contribution in [3.63, 3.8) is 0 Å². The van der Waals surface area contributed by atoms with Gasteiger partial charge in [0.25, 0.3) is 0 Å². The van der Waals surface area contributed by atoms with Crippen LogP contribution in [0.15, 0.2) is 72.8 Å². The third kappa shape index (κ3) is 8.59. The molecule has 0 atom stereocenters. The number of benzene rings is 2. The minimum atomic E-state index is -0.550. The fourth-order valence-electron chi connectivity index (χ4n) is 2.06. The summed E-state index contributed by atoms with van der Waals surface area (Å²) in [5.41, 5.74) is 2.31. The molecule has 0 aromatic heterocycles. The Labute approximate surface area is 164 Å². The third-order valence-electron chi connectivity index (χ3n) is 3.46. The molecular formula is C22H22N2O4. The molecule has 2 rings (SSSR count). The van der Waals surface area contributed by atoms with Crippen LogP contribution >= 0.6 is 0 Å². The number of carbonyl (C=O) groups excluding carboxylic acids is 2. The van der Waals surface area contributed by atoms with Crippen molar-refractivity contribution in [2.45, 2.75) is 13.2 Å². The molecule has 2 aromatic rings. The van der Waals surface area contributed by atoms with E-state index in [4.69, 9.17) is 9.47 Å². The number of ether oxygens (including phenoxy) is 2. The molecule has 6 heteroatoms. The highest BCUT2D eigenvalue weighted by Crippen LogP contribution is 2.01. The topological polar surface area (TPSA) is 76.7 Å². The standard InChI is InChI=1S/C22H22N2O4/c1-18(15-24-22(26)28-17-20-12-6-3-7-13-20)9-8-14-23-21(25)27-16-19-10-4-2-5-11-19/h2-7,10-13H,1,14-17H2,(H,23,25)(H,24,26). The molecule has 0 radical (unpaired) electrons. The Morgan fingerprint density at radius 1 is 0.821 bits per heavy atom. The lowest BCUT2D eigenvalue weighted by molar-refractivity contribution is 0.140. The lowest BCUT2D eigenvalue weighted by Gasteiger charge is -2.06. The number of amides is 2.